The van der Waals surface area contributed by atoms with Crippen molar-refractivity contribution >= 4 is 5.69 Å². The number of nitrogens with two attached hydrogens (primary N) is 1. The highest BCUT2D eigenvalue weighted by Gasteiger charge is 2.35. The summed E-state index contributed by atoms with van der Waals surface area (Å²) in [6, 6.07) is 9.00. The molecule has 2 rings (SSSR count). The first kappa shape index (κ1) is 13.5. The van der Waals surface area contributed by atoms with E-state index in [0.717, 1.165) is 11.1 Å². The monoisotopic (exact) mass is 261 g/mol. The van der Waals surface area contributed by atoms with Crippen LogP contribution in [0.1, 0.15) is 27.8 Å². The number of alkyl halides is 2. The van der Waals surface area contributed by atoms with Crippen molar-refractivity contribution in [3.8, 4) is 0 Å². The van der Waals surface area contributed by atoms with Crippen molar-refractivity contribution in [3.63, 3.8) is 0 Å². The molecule has 0 heterocycles. The highest BCUT2D eigenvalue weighted by molar-refractivity contribution is 5.47. The first-order chi connectivity index (χ1) is 8.84. The van der Waals surface area contributed by atoms with E-state index in [-0.39, 0.29) is 11.1 Å². The first-order valence-electron chi connectivity index (χ1n) is 6.15. The summed E-state index contributed by atoms with van der Waals surface area (Å²) in [6.07, 6.45) is 0. The number of nitrogen functional groups attached to an aromatic ring is 1. The molecule has 1 nitrogen and oxygen atoms in total. The predicted molar refractivity (Wildman–Crippen MR) is 74.5 cm³/mol. The fraction of sp³-hybridized carbons (Fsp3) is 0.250. The van der Waals surface area contributed by atoms with Crippen LogP contribution in [0.3, 0.4) is 0 Å². The van der Waals surface area contributed by atoms with Gasteiger partial charge >= 0.3 is 0 Å². The predicted octanol–water partition coefficient (Wildman–Crippen LogP) is 4.33. The van der Waals surface area contributed by atoms with Crippen LogP contribution in [-0.4, -0.2) is 0 Å². The van der Waals surface area contributed by atoms with Crippen molar-refractivity contribution in [2.45, 2.75) is 26.7 Å². The molecule has 0 bridgehead atoms. The Bertz CT molecular complexity index is 601. The van der Waals surface area contributed by atoms with Crippen molar-refractivity contribution in [3.05, 3.63) is 64.2 Å². The zero-order chi connectivity index (χ0) is 14.2. The van der Waals surface area contributed by atoms with E-state index in [1.54, 1.807) is 13.0 Å². The Morgan fingerprint density at radius 1 is 0.842 bits per heavy atom. The molecule has 0 aliphatic carbocycles. The second-order valence-corrected chi connectivity index (χ2v) is 4.88. The summed E-state index contributed by atoms with van der Waals surface area (Å²) in [5, 5.41) is 0. The van der Waals surface area contributed by atoms with E-state index < -0.39 is 5.92 Å². The second-order valence-electron chi connectivity index (χ2n) is 4.88. The van der Waals surface area contributed by atoms with Gasteiger partial charge < -0.3 is 5.73 Å². The van der Waals surface area contributed by atoms with Crippen LogP contribution in [0.2, 0.25) is 0 Å². The van der Waals surface area contributed by atoms with Gasteiger partial charge in [0.2, 0.25) is 0 Å². The third-order valence-corrected chi connectivity index (χ3v) is 3.67. The van der Waals surface area contributed by atoms with E-state index in [9.17, 15) is 8.78 Å². The van der Waals surface area contributed by atoms with Crippen molar-refractivity contribution in [2.24, 2.45) is 0 Å². The van der Waals surface area contributed by atoms with E-state index in [2.05, 4.69) is 0 Å². The van der Waals surface area contributed by atoms with Gasteiger partial charge in [-0.2, -0.15) is 8.78 Å². The third kappa shape index (κ3) is 2.33. The van der Waals surface area contributed by atoms with E-state index in [1.807, 2.05) is 13.8 Å². The minimum atomic E-state index is -3.00. The Morgan fingerprint density at radius 2 is 1.42 bits per heavy atom. The minimum absolute atomic E-state index is 0.0342. The van der Waals surface area contributed by atoms with Gasteiger partial charge in [-0.1, -0.05) is 24.3 Å². The van der Waals surface area contributed by atoms with Crippen molar-refractivity contribution in [2.75, 3.05) is 5.73 Å². The molecule has 0 fully saturated rings. The first-order valence-corrected chi connectivity index (χ1v) is 6.15. The average molecular weight is 261 g/mol. The Labute approximate surface area is 112 Å². The molecular weight excluding hydrogens is 244 g/mol. The molecule has 0 atom stereocenters. The van der Waals surface area contributed by atoms with Crippen LogP contribution < -0.4 is 5.73 Å². The highest BCUT2D eigenvalue weighted by atomic mass is 19.3. The Hall–Kier alpha value is -1.90. The van der Waals surface area contributed by atoms with Crippen LogP contribution in [0.4, 0.5) is 14.5 Å². The van der Waals surface area contributed by atoms with Gasteiger partial charge in [0, 0.05) is 16.8 Å². The lowest BCUT2D eigenvalue weighted by Gasteiger charge is -2.21. The molecule has 3 heteroatoms. The topological polar surface area (TPSA) is 26.0 Å². The van der Waals surface area contributed by atoms with Gasteiger partial charge in [0.05, 0.1) is 0 Å². The Kier molecular flexibility index (Phi) is 3.31. The summed E-state index contributed by atoms with van der Waals surface area (Å²) < 4.78 is 29.1. The molecule has 0 unspecified atom stereocenters. The van der Waals surface area contributed by atoms with Gasteiger partial charge in [-0.3, -0.25) is 0 Å². The van der Waals surface area contributed by atoms with E-state index in [4.69, 9.17) is 5.73 Å². The van der Waals surface area contributed by atoms with Crippen molar-refractivity contribution < 1.29 is 8.78 Å². The molecule has 0 spiro atoms. The van der Waals surface area contributed by atoms with Crippen molar-refractivity contribution in [1.29, 1.82) is 0 Å². The number of benzene rings is 2. The molecule has 100 valence electrons. The van der Waals surface area contributed by atoms with Crippen molar-refractivity contribution in [1.82, 2.24) is 0 Å². The molecule has 0 saturated heterocycles. The zero-order valence-electron chi connectivity index (χ0n) is 11.3. The standard InChI is InChI=1S/C16H17F2N/c1-10-4-9-15(12(3)11(10)2)16(17,18)13-5-7-14(19)8-6-13/h4-9H,19H2,1-3H3. The normalized spacial score (nSPS) is 11.6. The number of hydrogen-bond acceptors (Lipinski definition) is 1. The van der Waals surface area contributed by atoms with E-state index in [0.29, 0.717) is 11.3 Å². The van der Waals surface area contributed by atoms with Crippen LogP contribution >= 0.6 is 0 Å². The molecule has 2 N–H and O–H groups in total. The van der Waals surface area contributed by atoms with Crippen LogP contribution in [0.15, 0.2) is 36.4 Å². The molecular formula is C16H17F2N. The Morgan fingerprint density at radius 3 is 2.00 bits per heavy atom. The zero-order valence-corrected chi connectivity index (χ0v) is 11.3. The lowest BCUT2D eigenvalue weighted by atomic mass is 9.91. The average Bonchev–Trinajstić information content (AvgIpc) is 2.36. The van der Waals surface area contributed by atoms with Gasteiger partial charge in [-0.05, 0) is 49.6 Å². The largest absolute Gasteiger partial charge is 0.399 e. The van der Waals surface area contributed by atoms with Gasteiger partial charge in [0.25, 0.3) is 5.92 Å². The van der Waals surface area contributed by atoms with Gasteiger partial charge in [0.1, 0.15) is 0 Å². The lowest BCUT2D eigenvalue weighted by molar-refractivity contribution is 0.0421. The van der Waals surface area contributed by atoms with Crippen LogP contribution in [-0.2, 0) is 5.92 Å². The third-order valence-electron chi connectivity index (χ3n) is 3.67. The molecule has 2 aromatic rings. The second kappa shape index (κ2) is 4.65. The van der Waals surface area contributed by atoms with Gasteiger partial charge in [-0.25, -0.2) is 0 Å². The smallest absolute Gasteiger partial charge is 0.298 e. The van der Waals surface area contributed by atoms with Crippen LogP contribution in [0.5, 0.6) is 0 Å². The van der Waals surface area contributed by atoms with E-state index in [1.165, 1.54) is 30.3 Å². The number of anilines is 1. The fourth-order valence-corrected chi connectivity index (χ4v) is 2.14. The number of rotatable bonds is 2. The van der Waals surface area contributed by atoms with Gasteiger partial charge in [-0.15, -0.1) is 0 Å². The molecule has 0 amide bonds. The molecule has 0 radical (unpaired) electrons. The summed E-state index contributed by atoms with van der Waals surface area (Å²) in [7, 11) is 0. The molecule has 19 heavy (non-hydrogen) atoms. The molecule has 0 aliphatic heterocycles. The summed E-state index contributed by atoms with van der Waals surface area (Å²) >= 11 is 0. The summed E-state index contributed by atoms with van der Waals surface area (Å²) in [6.45, 7) is 5.53. The minimum Gasteiger partial charge on any atom is -0.399 e. The van der Waals surface area contributed by atoms with E-state index >= 15 is 0 Å². The Balaban J connectivity index is 2.56. The number of halogens is 2. The van der Waals surface area contributed by atoms with Crippen LogP contribution in [0.25, 0.3) is 0 Å². The maximum Gasteiger partial charge on any atom is 0.298 e. The maximum atomic E-state index is 14.6. The highest BCUT2D eigenvalue weighted by Crippen LogP contribution is 2.38. The van der Waals surface area contributed by atoms with Crippen LogP contribution in [0, 0.1) is 20.8 Å². The number of hydrogen-bond donors (Lipinski definition) is 1. The fourth-order valence-electron chi connectivity index (χ4n) is 2.14. The molecule has 0 saturated carbocycles. The SMILES string of the molecule is Cc1ccc(C(F)(F)c2ccc(N)cc2)c(C)c1C. The van der Waals surface area contributed by atoms with Gasteiger partial charge in [0.15, 0.2) is 0 Å². The molecule has 0 aromatic heterocycles. The lowest BCUT2D eigenvalue weighted by Crippen LogP contribution is -2.17. The maximum absolute atomic E-state index is 14.6. The summed E-state index contributed by atoms with van der Waals surface area (Å²) in [5.41, 5.74) is 8.62. The quantitative estimate of drug-likeness (QED) is 0.800. The summed E-state index contributed by atoms with van der Waals surface area (Å²) in [5.74, 6) is -3.00. The molecule has 2 aromatic carbocycles. The summed E-state index contributed by atoms with van der Waals surface area (Å²) in [4.78, 5) is 0. The molecule has 0 aliphatic rings. The number of aryl methyl sites for hydroxylation is 1.